The van der Waals surface area contributed by atoms with Crippen molar-refractivity contribution in [1.29, 1.82) is 0 Å². The van der Waals surface area contributed by atoms with Crippen molar-refractivity contribution >= 4 is 11.6 Å². The van der Waals surface area contributed by atoms with Crippen molar-refractivity contribution in [3.8, 4) is 11.6 Å². The lowest BCUT2D eigenvalue weighted by molar-refractivity contribution is 0.455. The minimum absolute atomic E-state index is 0.591. The van der Waals surface area contributed by atoms with E-state index in [1.807, 2.05) is 51.4 Å². The molecular weight excluding hydrogens is 260 g/mol. The molecule has 2 aromatic rings. The first-order valence-electron chi connectivity index (χ1n) is 6.14. The van der Waals surface area contributed by atoms with E-state index in [1.54, 1.807) is 0 Å². The first-order valence-corrected chi connectivity index (χ1v) is 6.52. The number of pyridine rings is 1. The molecule has 100 valence electrons. The number of benzene rings is 1. The van der Waals surface area contributed by atoms with Crippen LogP contribution in [0.3, 0.4) is 0 Å². The second-order valence-electron chi connectivity index (χ2n) is 4.51. The normalized spacial score (nSPS) is 10.5. The maximum atomic E-state index is 6.00. The van der Waals surface area contributed by atoms with Gasteiger partial charge in [0.15, 0.2) is 0 Å². The molecule has 0 radical (unpaired) electrons. The zero-order chi connectivity index (χ0) is 13.8. The van der Waals surface area contributed by atoms with E-state index < -0.39 is 0 Å². The lowest BCUT2D eigenvalue weighted by Crippen LogP contribution is -2.05. The van der Waals surface area contributed by atoms with Gasteiger partial charge in [0, 0.05) is 23.8 Å². The minimum atomic E-state index is 0.591. The number of rotatable bonds is 4. The molecule has 0 atom stereocenters. The lowest BCUT2D eigenvalue weighted by atomic mass is 10.1. The van der Waals surface area contributed by atoms with Crippen LogP contribution in [0.25, 0.3) is 0 Å². The van der Waals surface area contributed by atoms with Crippen LogP contribution in [-0.2, 0) is 6.54 Å². The van der Waals surface area contributed by atoms with E-state index in [2.05, 4.69) is 10.3 Å². The molecule has 1 N–H and O–H groups in total. The molecule has 0 aliphatic heterocycles. The number of nitrogens with zero attached hydrogens (tertiary/aromatic N) is 1. The molecule has 1 heterocycles. The maximum Gasteiger partial charge on any atom is 0.219 e. The average Bonchev–Trinajstić information content (AvgIpc) is 2.36. The highest BCUT2D eigenvalue weighted by atomic mass is 35.5. The first-order chi connectivity index (χ1) is 9.10. The number of halogens is 1. The first kappa shape index (κ1) is 13.8. The molecule has 0 aliphatic rings. The monoisotopic (exact) mass is 276 g/mol. The highest BCUT2D eigenvalue weighted by molar-refractivity contribution is 6.30. The number of hydrogen-bond acceptors (Lipinski definition) is 3. The topological polar surface area (TPSA) is 34.1 Å². The zero-order valence-corrected chi connectivity index (χ0v) is 12.1. The molecule has 3 nitrogen and oxygen atoms in total. The van der Waals surface area contributed by atoms with E-state index in [-0.39, 0.29) is 0 Å². The number of aromatic nitrogens is 1. The van der Waals surface area contributed by atoms with Gasteiger partial charge in [0.2, 0.25) is 5.88 Å². The maximum absolute atomic E-state index is 6.00. The van der Waals surface area contributed by atoms with E-state index >= 15 is 0 Å². The fraction of sp³-hybridized carbons (Fsp3) is 0.267. The number of hydrogen-bond donors (Lipinski definition) is 1. The van der Waals surface area contributed by atoms with Crippen molar-refractivity contribution in [2.75, 3.05) is 7.05 Å². The summed E-state index contributed by atoms with van der Waals surface area (Å²) >= 11 is 6.00. The number of nitrogens with one attached hydrogen (secondary N) is 1. The van der Waals surface area contributed by atoms with E-state index in [1.165, 1.54) is 0 Å². The molecule has 1 aromatic carbocycles. The molecule has 0 fully saturated rings. The Morgan fingerprint density at radius 1 is 1.21 bits per heavy atom. The molecule has 2 rings (SSSR count). The van der Waals surface area contributed by atoms with Crippen LogP contribution in [0, 0.1) is 13.8 Å². The third-order valence-electron chi connectivity index (χ3n) is 2.81. The Hall–Kier alpha value is -1.58. The van der Waals surface area contributed by atoms with Crippen molar-refractivity contribution in [3.05, 3.63) is 52.2 Å². The van der Waals surface area contributed by atoms with Gasteiger partial charge in [0.25, 0.3) is 0 Å². The fourth-order valence-corrected chi connectivity index (χ4v) is 2.27. The minimum Gasteiger partial charge on any atom is -0.438 e. The molecule has 1 aromatic heterocycles. The smallest absolute Gasteiger partial charge is 0.219 e. The molecular formula is C15H17ClN2O. The summed E-state index contributed by atoms with van der Waals surface area (Å²) in [6, 6.07) is 7.65. The van der Waals surface area contributed by atoms with E-state index in [0.717, 1.165) is 34.0 Å². The molecule has 0 amide bonds. The molecule has 0 aliphatic carbocycles. The highest BCUT2D eigenvalue weighted by Gasteiger charge is 2.07. The Labute approximate surface area is 118 Å². The van der Waals surface area contributed by atoms with Gasteiger partial charge >= 0.3 is 0 Å². The van der Waals surface area contributed by atoms with Crippen LogP contribution in [0.5, 0.6) is 11.6 Å². The van der Waals surface area contributed by atoms with Crippen molar-refractivity contribution in [1.82, 2.24) is 10.3 Å². The van der Waals surface area contributed by atoms with Gasteiger partial charge in [-0.2, -0.15) is 0 Å². The molecule has 0 unspecified atom stereocenters. The molecule has 4 heteroatoms. The van der Waals surface area contributed by atoms with E-state index in [0.29, 0.717) is 5.88 Å². The Kier molecular flexibility index (Phi) is 4.40. The third kappa shape index (κ3) is 3.46. The van der Waals surface area contributed by atoms with Crippen LogP contribution in [0.2, 0.25) is 5.02 Å². The molecule has 0 bridgehead atoms. The molecule has 0 spiro atoms. The average molecular weight is 277 g/mol. The summed E-state index contributed by atoms with van der Waals surface area (Å²) < 4.78 is 5.84. The molecule has 0 saturated heterocycles. The summed E-state index contributed by atoms with van der Waals surface area (Å²) in [7, 11) is 1.91. The van der Waals surface area contributed by atoms with Crippen LogP contribution in [0.15, 0.2) is 30.5 Å². The second kappa shape index (κ2) is 6.04. The van der Waals surface area contributed by atoms with E-state index in [9.17, 15) is 0 Å². The summed E-state index contributed by atoms with van der Waals surface area (Å²) in [6.07, 6.45) is 1.81. The SMILES string of the molecule is CNCc1ccc(Oc2c(C)cc(Cl)cc2C)nc1. The van der Waals surface area contributed by atoms with E-state index in [4.69, 9.17) is 16.3 Å². The van der Waals surface area contributed by atoms with Gasteiger partial charge in [-0.1, -0.05) is 17.7 Å². The highest BCUT2D eigenvalue weighted by Crippen LogP contribution is 2.30. The van der Waals surface area contributed by atoms with Gasteiger partial charge in [0.1, 0.15) is 5.75 Å². The fourth-order valence-electron chi connectivity index (χ4n) is 1.94. The van der Waals surface area contributed by atoms with Gasteiger partial charge < -0.3 is 10.1 Å². The third-order valence-corrected chi connectivity index (χ3v) is 3.03. The lowest BCUT2D eigenvalue weighted by Gasteiger charge is -2.11. The van der Waals surface area contributed by atoms with Crippen LogP contribution < -0.4 is 10.1 Å². The Morgan fingerprint density at radius 2 is 1.89 bits per heavy atom. The van der Waals surface area contributed by atoms with Gasteiger partial charge in [-0.15, -0.1) is 0 Å². The zero-order valence-electron chi connectivity index (χ0n) is 11.3. The Bertz CT molecular complexity index is 544. The summed E-state index contributed by atoms with van der Waals surface area (Å²) in [5.74, 6) is 1.41. The number of aryl methyl sites for hydroxylation is 2. The predicted molar refractivity (Wildman–Crippen MR) is 78.0 cm³/mol. The predicted octanol–water partition coefficient (Wildman–Crippen LogP) is 3.86. The van der Waals surface area contributed by atoms with Crippen LogP contribution >= 0.6 is 11.6 Å². The van der Waals surface area contributed by atoms with Crippen LogP contribution in [0.1, 0.15) is 16.7 Å². The quantitative estimate of drug-likeness (QED) is 0.921. The van der Waals surface area contributed by atoms with Crippen LogP contribution in [-0.4, -0.2) is 12.0 Å². The summed E-state index contributed by atoms with van der Waals surface area (Å²) in [5, 5.41) is 3.80. The molecule has 0 saturated carbocycles. The Balaban J connectivity index is 2.21. The van der Waals surface area contributed by atoms with Gasteiger partial charge in [0.05, 0.1) is 0 Å². The van der Waals surface area contributed by atoms with Gasteiger partial charge in [-0.3, -0.25) is 0 Å². The molecule has 19 heavy (non-hydrogen) atoms. The van der Waals surface area contributed by atoms with Crippen molar-refractivity contribution in [2.24, 2.45) is 0 Å². The number of ether oxygens (including phenoxy) is 1. The second-order valence-corrected chi connectivity index (χ2v) is 4.94. The summed E-state index contributed by atoms with van der Waals surface area (Å²) in [6.45, 7) is 4.75. The summed E-state index contributed by atoms with van der Waals surface area (Å²) in [5.41, 5.74) is 3.14. The van der Waals surface area contributed by atoms with Gasteiger partial charge in [-0.25, -0.2) is 4.98 Å². The Morgan fingerprint density at radius 3 is 2.42 bits per heavy atom. The van der Waals surface area contributed by atoms with Gasteiger partial charge in [-0.05, 0) is 49.7 Å². The van der Waals surface area contributed by atoms with Crippen molar-refractivity contribution in [2.45, 2.75) is 20.4 Å². The van der Waals surface area contributed by atoms with Crippen molar-refractivity contribution < 1.29 is 4.74 Å². The standard InChI is InChI=1S/C15H17ClN2O/c1-10-6-13(16)7-11(2)15(10)19-14-5-4-12(8-17-3)9-18-14/h4-7,9,17H,8H2,1-3H3. The van der Waals surface area contributed by atoms with Crippen molar-refractivity contribution in [3.63, 3.8) is 0 Å². The largest absolute Gasteiger partial charge is 0.438 e. The summed E-state index contributed by atoms with van der Waals surface area (Å²) in [4.78, 5) is 4.30. The van der Waals surface area contributed by atoms with Crippen LogP contribution in [0.4, 0.5) is 0 Å².